The number of unbranched alkanes of at least 4 members (excludes halogenated alkanes) is 16. The Labute approximate surface area is 307 Å². The van der Waals surface area contributed by atoms with Crippen molar-refractivity contribution < 1.29 is 9.47 Å². The van der Waals surface area contributed by atoms with Gasteiger partial charge in [-0.2, -0.15) is 0 Å². The molecule has 1 rings (SSSR count). The minimum Gasteiger partial charge on any atom is -0.376 e. The second kappa shape index (κ2) is 35.3. The maximum absolute atomic E-state index is 6.52. The van der Waals surface area contributed by atoms with E-state index in [-0.39, 0.29) is 12.2 Å². The highest BCUT2D eigenvalue weighted by molar-refractivity contribution is 4.95. The van der Waals surface area contributed by atoms with E-state index in [2.05, 4.69) is 88.4 Å². The third-order valence-corrected chi connectivity index (χ3v) is 10.5. The van der Waals surface area contributed by atoms with Crippen LogP contribution in [0.1, 0.15) is 194 Å². The van der Waals surface area contributed by atoms with Crippen LogP contribution in [-0.2, 0) is 9.47 Å². The Morgan fingerprint density at radius 1 is 0.531 bits per heavy atom. The molecule has 0 spiro atoms. The quantitative estimate of drug-likeness (QED) is 0.0498. The van der Waals surface area contributed by atoms with Crippen molar-refractivity contribution in [3.05, 3.63) is 48.6 Å². The molecule has 0 radical (unpaired) electrons. The molecule has 0 aromatic rings. The van der Waals surface area contributed by atoms with E-state index in [1.54, 1.807) is 0 Å². The average molecular weight is 684 g/mol. The molecule has 3 heteroatoms. The minimum absolute atomic E-state index is 0.259. The average Bonchev–Trinajstić information content (AvgIpc) is 3.11. The predicted octanol–water partition coefficient (Wildman–Crippen LogP) is 14.1. The fourth-order valence-electron chi connectivity index (χ4n) is 7.03. The van der Waals surface area contributed by atoms with Gasteiger partial charge in [0.15, 0.2) is 0 Å². The Bertz CT molecular complexity index is 799. The summed E-state index contributed by atoms with van der Waals surface area (Å²) >= 11 is 0. The first-order valence-corrected chi connectivity index (χ1v) is 21.6. The Hall–Kier alpha value is -1.16. The van der Waals surface area contributed by atoms with Crippen LogP contribution in [0, 0.1) is 5.92 Å². The highest BCUT2D eigenvalue weighted by atomic mass is 16.5. The zero-order chi connectivity index (χ0) is 35.5. The lowest BCUT2D eigenvalue weighted by Crippen LogP contribution is -2.44. The van der Waals surface area contributed by atoms with Gasteiger partial charge in [0.1, 0.15) is 0 Å². The molecule has 0 aromatic heterocycles. The topological polar surface area (TPSA) is 21.7 Å². The number of rotatable bonds is 34. The Kier molecular flexibility index (Phi) is 33.0. The molecule has 286 valence electrons. The molecule has 0 heterocycles. The predicted molar refractivity (Wildman–Crippen MR) is 219 cm³/mol. The Morgan fingerprint density at radius 2 is 1.02 bits per heavy atom. The number of hydrogen-bond donors (Lipinski definition) is 0. The minimum atomic E-state index is 0.259. The molecule has 0 saturated heterocycles. The molecule has 1 aliphatic rings. The lowest BCUT2D eigenvalue weighted by atomic mass is 9.89. The molecule has 0 aromatic carbocycles. The first-order chi connectivity index (χ1) is 24.1. The van der Waals surface area contributed by atoms with Crippen LogP contribution in [-0.4, -0.2) is 50.5 Å². The zero-order valence-corrected chi connectivity index (χ0v) is 33.7. The molecule has 1 aliphatic carbocycles. The van der Waals surface area contributed by atoms with E-state index in [0.29, 0.717) is 6.04 Å². The highest BCUT2D eigenvalue weighted by Gasteiger charge is 2.32. The zero-order valence-electron chi connectivity index (χ0n) is 33.7. The molecular weight excluding hydrogens is 599 g/mol. The Morgan fingerprint density at radius 3 is 1.57 bits per heavy atom. The van der Waals surface area contributed by atoms with Gasteiger partial charge in [-0.1, -0.05) is 146 Å². The molecule has 0 bridgehead atoms. The van der Waals surface area contributed by atoms with Crippen molar-refractivity contribution in [3.63, 3.8) is 0 Å². The highest BCUT2D eigenvalue weighted by Crippen LogP contribution is 2.27. The van der Waals surface area contributed by atoms with Gasteiger partial charge in [0.2, 0.25) is 0 Å². The van der Waals surface area contributed by atoms with Crippen LogP contribution >= 0.6 is 0 Å². The number of allylic oxidation sites excluding steroid dienone is 8. The van der Waals surface area contributed by atoms with E-state index in [0.717, 1.165) is 44.8 Å². The fraction of sp³-hybridized carbons (Fsp3) is 0.826. The van der Waals surface area contributed by atoms with Crippen LogP contribution in [0.3, 0.4) is 0 Å². The van der Waals surface area contributed by atoms with Crippen LogP contribution in [0.25, 0.3) is 0 Å². The molecule has 0 amide bonds. The molecule has 1 saturated carbocycles. The second-order valence-electron chi connectivity index (χ2n) is 15.2. The smallest absolute Gasteiger partial charge is 0.0851 e. The van der Waals surface area contributed by atoms with Gasteiger partial charge in [0, 0.05) is 19.3 Å². The summed E-state index contributed by atoms with van der Waals surface area (Å²) in [5.41, 5.74) is 0. The fourth-order valence-corrected chi connectivity index (χ4v) is 7.03. The standard InChI is InChI=1S/C46H85NO2/c1-6-9-11-13-15-17-18-19-20-21-22-23-24-26-30-35-41-49-46-42-44(47(4)5)38-39-45(46)48-40-34-31-27-29-33-37-43(8-3)36-32-28-25-16-14-12-10-7-2/h15-17,19-20,25,32,36,43-46H,6-14,18,21-24,26-31,33-35,37-42H2,1-5H3. The normalized spacial score (nSPS) is 19.5. The summed E-state index contributed by atoms with van der Waals surface area (Å²) in [6.45, 7) is 8.67. The number of ether oxygens (including phenoxy) is 2. The van der Waals surface area contributed by atoms with Crippen LogP contribution < -0.4 is 0 Å². The van der Waals surface area contributed by atoms with Crippen LogP contribution in [0.5, 0.6) is 0 Å². The van der Waals surface area contributed by atoms with Crippen molar-refractivity contribution in [2.75, 3.05) is 27.3 Å². The van der Waals surface area contributed by atoms with Gasteiger partial charge in [0.25, 0.3) is 0 Å². The van der Waals surface area contributed by atoms with Crippen LogP contribution in [0.4, 0.5) is 0 Å². The second-order valence-corrected chi connectivity index (χ2v) is 15.2. The third-order valence-electron chi connectivity index (χ3n) is 10.5. The van der Waals surface area contributed by atoms with E-state index < -0.39 is 0 Å². The van der Waals surface area contributed by atoms with E-state index in [9.17, 15) is 0 Å². The molecule has 0 N–H and O–H groups in total. The van der Waals surface area contributed by atoms with E-state index >= 15 is 0 Å². The van der Waals surface area contributed by atoms with Crippen molar-refractivity contribution in [2.24, 2.45) is 5.92 Å². The van der Waals surface area contributed by atoms with E-state index in [1.807, 2.05) is 0 Å². The maximum Gasteiger partial charge on any atom is 0.0851 e. The molecule has 1 fully saturated rings. The molecular formula is C46H85NO2. The monoisotopic (exact) mass is 684 g/mol. The SMILES string of the molecule is CCCCCC=CCC=CCCCCCCCCOC1CC(N(C)C)CCC1OCCCCCCCC(C=CCC=CCCCCC)CC. The number of nitrogens with zero attached hydrogens (tertiary/aromatic N) is 1. The Balaban J connectivity index is 2.12. The summed E-state index contributed by atoms with van der Waals surface area (Å²) in [7, 11) is 4.44. The number of hydrogen-bond acceptors (Lipinski definition) is 3. The van der Waals surface area contributed by atoms with Crippen molar-refractivity contribution in [1.29, 1.82) is 0 Å². The van der Waals surface area contributed by atoms with Crippen LogP contribution in [0.15, 0.2) is 48.6 Å². The first kappa shape index (κ1) is 45.9. The van der Waals surface area contributed by atoms with Gasteiger partial charge in [0.05, 0.1) is 12.2 Å². The summed E-state index contributed by atoms with van der Waals surface area (Å²) in [6.07, 6.45) is 53.9. The van der Waals surface area contributed by atoms with Crippen molar-refractivity contribution in [2.45, 2.75) is 212 Å². The van der Waals surface area contributed by atoms with Gasteiger partial charge >= 0.3 is 0 Å². The molecule has 0 aliphatic heterocycles. The lowest BCUT2D eigenvalue weighted by molar-refractivity contribution is -0.105. The van der Waals surface area contributed by atoms with Crippen molar-refractivity contribution in [1.82, 2.24) is 4.90 Å². The molecule has 4 unspecified atom stereocenters. The molecule has 3 nitrogen and oxygen atoms in total. The summed E-state index contributed by atoms with van der Waals surface area (Å²) < 4.78 is 13.0. The summed E-state index contributed by atoms with van der Waals surface area (Å²) in [5, 5.41) is 0. The lowest BCUT2D eigenvalue weighted by Gasteiger charge is -2.38. The van der Waals surface area contributed by atoms with Gasteiger partial charge in [-0.25, -0.2) is 0 Å². The maximum atomic E-state index is 6.52. The summed E-state index contributed by atoms with van der Waals surface area (Å²) in [5.74, 6) is 0.751. The molecule has 49 heavy (non-hydrogen) atoms. The van der Waals surface area contributed by atoms with Gasteiger partial charge in [-0.3, -0.25) is 0 Å². The first-order valence-electron chi connectivity index (χ1n) is 21.6. The van der Waals surface area contributed by atoms with Gasteiger partial charge < -0.3 is 14.4 Å². The van der Waals surface area contributed by atoms with E-state index in [4.69, 9.17) is 9.47 Å². The van der Waals surface area contributed by atoms with Gasteiger partial charge in [-0.05, 0) is 116 Å². The summed E-state index contributed by atoms with van der Waals surface area (Å²) in [4.78, 5) is 2.39. The molecule has 4 atom stereocenters. The van der Waals surface area contributed by atoms with Crippen molar-refractivity contribution >= 4 is 0 Å². The third kappa shape index (κ3) is 28.2. The largest absolute Gasteiger partial charge is 0.376 e. The van der Waals surface area contributed by atoms with Crippen molar-refractivity contribution in [3.8, 4) is 0 Å². The summed E-state index contributed by atoms with van der Waals surface area (Å²) in [6, 6.07) is 0.620. The van der Waals surface area contributed by atoms with E-state index in [1.165, 1.54) is 148 Å². The van der Waals surface area contributed by atoms with Gasteiger partial charge in [-0.15, -0.1) is 0 Å². The van der Waals surface area contributed by atoms with Crippen LogP contribution in [0.2, 0.25) is 0 Å².